The average Bonchev–Trinajstić information content (AvgIpc) is 2.62. The molecule has 1 aromatic rings. The third-order valence-electron chi connectivity index (χ3n) is 3.42. The van der Waals surface area contributed by atoms with Gasteiger partial charge in [0.1, 0.15) is 18.7 Å². The van der Waals surface area contributed by atoms with Crippen LogP contribution in [-0.4, -0.2) is 48.9 Å². The summed E-state index contributed by atoms with van der Waals surface area (Å²) in [6.45, 7) is 2.86. The smallest absolute Gasteiger partial charge is 0.408 e. The molecule has 0 aromatic heterocycles. The highest BCUT2D eigenvalue weighted by Crippen LogP contribution is 2.05. The van der Waals surface area contributed by atoms with Gasteiger partial charge in [-0.2, -0.15) is 0 Å². The molecular formula is C17H24N2O6. The van der Waals surface area contributed by atoms with Gasteiger partial charge in [0.25, 0.3) is 0 Å². The monoisotopic (exact) mass is 352 g/mol. The zero-order valence-corrected chi connectivity index (χ0v) is 14.5. The van der Waals surface area contributed by atoms with Crippen molar-refractivity contribution in [1.29, 1.82) is 0 Å². The van der Waals surface area contributed by atoms with Crippen molar-refractivity contribution in [2.24, 2.45) is 5.92 Å². The predicted molar refractivity (Wildman–Crippen MR) is 89.4 cm³/mol. The van der Waals surface area contributed by atoms with Crippen LogP contribution in [0.15, 0.2) is 30.3 Å². The number of carbonyl (C=O) groups excluding carboxylic acids is 3. The number of esters is 1. The molecule has 0 aliphatic carbocycles. The number of amides is 2. The standard InChI is InChI=1S/C17H24N2O6/c1-11(2)14(16(22)24-3)19-15(21)13(9-20)18-17(23)25-10-12-7-5-4-6-8-12/h4-8,11,13-14,20H,9-10H2,1-3H3,(H,18,23)(H,19,21)/t13-,14-/m0/s1. The maximum Gasteiger partial charge on any atom is 0.408 e. The number of aliphatic hydroxyl groups is 1. The minimum atomic E-state index is -1.24. The van der Waals surface area contributed by atoms with Crippen molar-refractivity contribution < 1.29 is 29.0 Å². The van der Waals surface area contributed by atoms with E-state index in [4.69, 9.17) is 4.74 Å². The number of rotatable bonds is 8. The summed E-state index contributed by atoms with van der Waals surface area (Å²) in [6.07, 6.45) is -0.850. The molecular weight excluding hydrogens is 328 g/mol. The first-order valence-corrected chi connectivity index (χ1v) is 7.85. The Hall–Kier alpha value is -2.61. The maximum absolute atomic E-state index is 12.2. The highest BCUT2D eigenvalue weighted by atomic mass is 16.5. The highest BCUT2D eigenvalue weighted by Gasteiger charge is 2.29. The van der Waals surface area contributed by atoms with Crippen LogP contribution in [0.2, 0.25) is 0 Å². The van der Waals surface area contributed by atoms with Crippen LogP contribution in [0.3, 0.4) is 0 Å². The molecule has 0 radical (unpaired) electrons. The van der Waals surface area contributed by atoms with Gasteiger partial charge in [-0.1, -0.05) is 44.2 Å². The average molecular weight is 352 g/mol. The summed E-state index contributed by atoms with van der Waals surface area (Å²) in [5.74, 6) is -1.53. The molecule has 0 unspecified atom stereocenters. The Morgan fingerprint density at radius 1 is 1.12 bits per heavy atom. The normalized spacial score (nSPS) is 12.8. The molecule has 8 heteroatoms. The van der Waals surface area contributed by atoms with Crippen LogP contribution in [0.5, 0.6) is 0 Å². The van der Waals surface area contributed by atoms with Gasteiger partial charge in [-0.05, 0) is 11.5 Å². The number of benzene rings is 1. The number of hydrogen-bond acceptors (Lipinski definition) is 6. The van der Waals surface area contributed by atoms with Gasteiger partial charge < -0.3 is 25.2 Å². The Bertz CT molecular complexity index is 576. The first kappa shape index (κ1) is 20.4. The number of hydrogen-bond donors (Lipinski definition) is 3. The fraction of sp³-hybridized carbons (Fsp3) is 0.471. The summed E-state index contributed by atoms with van der Waals surface area (Å²) < 4.78 is 9.63. The minimum Gasteiger partial charge on any atom is -0.467 e. The highest BCUT2D eigenvalue weighted by molar-refractivity contribution is 5.89. The molecule has 0 spiro atoms. The van der Waals surface area contributed by atoms with Gasteiger partial charge in [-0.3, -0.25) is 4.79 Å². The number of aliphatic hydroxyl groups excluding tert-OH is 1. The zero-order valence-electron chi connectivity index (χ0n) is 14.5. The lowest BCUT2D eigenvalue weighted by atomic mass is 10.0. The lowest BCUT2D eigenvalue weighted by Crippen LogP contribution is -2.54. The van der Waals surface area contributed by atoms with E-state index >= 15 is 0 Å². The topological polar surface area (TPSA) is 114 Å². The molecule has 2 amide bonds. The predicted octanol–water partition coefficient (Wildman–Crippen LogP) is 0.588. The van der Waals surface area contributed by atoms with Crippen LogP contribution in [-0.2, 0) is 25.7 Å². The summed E-state index contributed by atoms with van der Waals surface area (Å²) in [6, 6.07) is 6.89. The second-order valence-electron chi connectivity index (χ2n) is 5.69. The largest absolute Gasteiger partial charge is 0.467 e. The summed E-state index contributed by atoms with van der Waals surface area (Å²) in [5.41, 5.74) is 0.785. The molecule has 0 saturated carbocycles. The molecule has 0 saturated heterocycles. The second-order valence-corrected chi connectivity index (χ2v) is 5.69. The fourth-order valence-corrected chi connectivity index (χ4v) is 1.98. The molecule has 138 valence electrons. The Kier molecular flexibility index (Phi) is 8.42. The van der Waals surface area contributed by atoms with Crippen LogP contribution in [0.1, 0.15) is 19.4 Å². The van der Waals surface area contributed by atoms with E-state index in [-0.39, 0.29) is 12.5 Å². The quantitative estimate of drug-likeness (QED) is 0.590. The van der Waals surface area contributed by atoms with E-state index in [9.17, 15) is 19.5 Å². The first-order chi connectivity index (χ1) is 11.9. The summed E-state index contributed by atoms with van der Waals surface area (Å²) in [7, 11) is 1.21. The number of carbonyl (C=O) groups is 3. The fourth-order valence-electron chi connectivity index (χ4n) is 1.98. The molecule has 0 heterocycles. The lowest BCUT2D eigenvalue weighted by Gasteiger charge is -2.23. The van der Waals surface area contributed by atoms with E-state index < -0.39 is 36.7 Å². The third-order valence-corrected chi connectivity index (χ3v) is 3.42. The van der Waals surface area contributed by atoms with Gasteiger partial charge in [-0.25, -0.2) is 9.59 Å². The van der Waals surface area contributed by atoms with Crippen molar-refractivity contribution in [2.45, 2.75) is 32.5 Å². The van der Waals surface area contributed by atoms with E-state index in [0.29, 0.717) is 0 Å². The molecule has 3 N–H and O–H groups in total. The molecule has 0 bridgehead atoms. The van der Waals surface area contributed by atoms with Crippen LogP contribution in [0.4, 0.5) is 4.79 Å². The van der Waals surface area contributed by atoms with Crippen LogP contribution < -0.4 is 10.6 Å². The number of alkyl carbamates (subject to hydrolysis) is 1. The van der Waals surface area contributed by atoms with Gasteiger partial charge in [0.2, 0.25) is 5.91 Å². The number of ether oxygens (including phenoxy) is 2. The minimum absolute atomic E-state index is 0.0310. The molecule has 1 rings (SSSR count). The van der Waals surface area contributed by atoms with Crippen LogP contribution in [0.25, 0.3) is 0 Å². The molecule has 0 aliphatic heterocycles. The molecule has 25 heavy (non-hydrogen) atoms. The Morgan fingerprint density at radius 2 is 1.76 bits per heavy atom. The van der Waals surface area contributed by atoms with Crippen molar-refractivity contribution in [3.05, 3.63) is 35.9 Å². The van der Waals surface area contributed by atoms with Gasteiger partial charge in [0, 0.05) is 0 Å². The van der Waals surface area contributed by atoms with E-state index in [0.717, 1.165) is 5.56 Å². The summed E-state index contributed by atoms with van der Waals surface area (Å²) in [4.78, 5) is 35.6. The number of methoxy groups -OCH3 is 1. The Morgan fingerprint density at radius 3 is 2.28 bits per heavy atom. The van der Waals surface area contributed by atoms with Gasteiger partial charge in [-0.15, -0.1) is 0 Å². The van der Waals surface area contributed by atoms with Crippen molar-refractivity contribution in [1.82, 2.24) is 10.6 Å². The van der Waals surface area contributed by atoms with E-state index in [2.05, 4.69) is 15.4 Å². The van der Waals surface area contributed by atoms with Gasteiger partial charge in [0.15, 0.2) is 0 Å². The van der Waals surface area contributed by atoms with E-state index in [1.54, 1.807) is 38.1 Å². The molecule has 8 nitrogen and oxygen atoms in total. The Labute approximate surface area is 146 Å². The second kappa shape index (κ2) is 10.3. The Balaban J connectivity index is 2.57. The van der Waals surface area contributed by atoms with E-state index in [1.165, 1.54) is 7.11 Å². The van der Waals surface area contributed by atoms with E-state index in [1.807, 2.05) is 6.07 Å². The molecule has 0 aliphatic rings. The summed E-state index contributed by atoms with van der Waals surface area (Å²) in [5, 5.41) is 14.0. The SMILES string of the molecule is COC(=O)[C@@H](NC(=O)[C@H](CO)NC(=O)OCc1ccccc1)C(C)C. The zero-order chi connectivity index (χ0) is 18.8. The van der Waals surface area contributed by atoms with Gasteiger partial charge in [0.05, 0.1) is 13.7 Å². The summed E-state index contributed by atoms with van der Waals surface area (Å²) >= 11 is 0. The van der Waals surface area contributed by atoms with Crippen LogP contribution >= 0.6 is 0 Å². The number of nitrogens with one attached hydrogen (secondary N) is 2. The first-order valence-electron chi connectivity index (χ1n) is 7.85. The molecule has 1 aromatic carbocycles. The van der Waals surface area contributed by atoms with Crippen LogP contribution in [0, 0.1) is 5.92 Å². The van der Waals surface area contributed by atoms with Crippen molar-refractivity contribution in [3.63, 3.8) is 0 Å². The van der Waals surface area contributed by atoms with Crippen molar-refractivity contribution in [2.75, 3.05) is 13.7 Å². The molecule has 0 fully saturated rings. The maximum atomic E-state index is 12.2. The van der Waals surface area contributed by atoms with Crippen molar-refractivity contribution >= 4 is 18.0 Å². The molecule has 2 atom stereocenters. The van der Waals surface area contributed by atoms with Gasteiger partial charge >= 0.3 is 12.1 Å². The van der Waals surface area contributed by atoms with Crippen molar-refractivity contribution in [3.8, 4) is 0 Å². The lowest BCUT2D eigenvalue weighted by molar-refractivity contribution is -0.146. The third kappa shape index (κ3) is 6.80.